The van der Waals surface area contributed by atoms with E-state index >= 15 is 0 Å². The zero-order valence-corrected chi connectivity index (χ0v) is 35.5. The van der Waals surface area contributed by atoms with E-state index in [4.69, 9.17) is 9.84 Å². The van der Waals surface area contributed by atoms with E-state index in [1.165, 1.54) is 5.56 Å². The first kappa shape index (κ1) is 39.6. The Balaban J connectivity index is 1.20. The molecule has 8 rings (SSSR count). The topological polar surface area (TPSA) is 119 Å². The van der Waals surface area contributed by atoms with Gasteiger partial charge in [0.05, 0.1) is 28.7 Å². The minimum atomic E-state index is -2.61. The molecule has 0 aliphatic carbocycles. The Morgan fingerprint density at radius 1 is 1.02 bits per heavy atom. The van der Waals surface area contributed by atoms with Gasteiger partial charge >= 0.3 is 5.69 Å². The summed E-state index contributed by atoms with van der Waals surface area (Å²) in [6.07, 6.45) is 6.86. The first-order chi connectivity index (χ1) is 27.7. The lowest BCUT2D eigenvalue weighted by Crippen LogP contribution is -2.39. The van der Waals surface area contributed by atoms with E-state index in [9.17, 15) is 18.5 Å². The molecule has 3 aromatic carbocycles. The van der Waals surface area contributed by atoms with Crippen molar-refractivity contribution in [2.24, 2.45) is 0 Å². The second kappa shape index (κ2) is 14.9. The maximum Gasteiger partial charge on any atom is 0.338 e. The number of anilines is 1. The van der Waals surface area contributed by atoms with Crippen LogP contribution in [0.15, 0.2) is 71.8 Å². The normalized spacial score (nSPS) is 18.1. The smallest absolute Gasteiger partial charge is 0.338 e. The molecule has 5 heterocycles. The fourth-order valence-electron chi connectivity index (χ4n) is 9.11. The Morgan fingerprint density at radius 3 is 2.43 bits per heavy atom. The Morgan fingerprint density at radius 2 is 1.74 bits per heavy atom. The molecule has 6 aromatic rings. The molecule has 0 radical (unpaired) electrons. The van der Waals surface area contributed by atoms with Crippen molar-refractivity contribution < 1.29 is 18.5 Å². The Bertz CT molecular complexity index is 2660. The van der Waals surface area contributed by atoms with Gasteiger partial charge < -0.3 is 24.5 Å². The number of nitrogens with one attached hydrogen (secondary N) is 2. The molecule has 0 unspecified atom stereocenters. The number of nitrogens with zero attached hydrogens (tertiary/aromatic N) is 5. The number of rotatable bonds is 9. The van der Waals surface area contributed by atoms with Crippen LogP contribution in [0.25, 0.3) is 28.1 Å². The average Bonchev–Trinajstić information content (AvgIpc) is 3.93. The van der Waals surface area contributed by atoms with Crippen molar-refractivity contribution >= 4 is 34.9 Å². The second-order valence-corrected chi connectivity index (χ2v) is 20.1. The van der Waals surface area contributed by atoms with Crippen molar-refractivity contribution in [3.05, 3.63) is 117 Å². The lowest BCUT2D eigenvalue weighted by Gasteiger charge is -2.35. The van der Waals surface area contributed by atoms with E-state index < -0.39 is 13.2 Å². The standard InChI is InChI=1S/C45H53FN7O4P/c1-9-58(56,10-2)39-14-12-33(25-37(39)47-8)51-18-19-52(44(51)55)42-40-29(5)50(17-15-36(40)49-53(42)34-21-27(3)41(46)28(4)22-34)43(54)38-24-32-23-30(11-13-35(32)48-38)31-16-20-57-45(6,7)26-31/h11-14,18-19,21-25,29,31,47-48H,9-10,15-17,20,26H2,1-8H3/t29-,31+/m0/s1. The second-order valence-electron chi connectivity index (χ2n) is 16.5. The zero-order chi connectivity index (χ0) is 41.3. The summed E-state index contributed by atoms with van der Waals surface area (Å²) >= 11 is 0. The quantitative estimate of drug-likeness (QED) is 0.142. The number of aromatic nitrogens is 5. The molecule has 0 spiro atoms. The van der Waals surface area contributed by atoms with Gasteiger partial charge in [-0.1, -0.05) is 19.9 Å². The maximum atomic E-state index is 15.0. The number of ether oxygens (including phenoxy) is 1. The SMILES string of the molecule is CCP(=O)(CC)c1ccc(-n2ccn(-c3c4c(nn3-c3cc(C)c(F)c(C)c3)CCN(C(=O)c3cc5cc([C@@H]6CCOC(C)(C)C6)ccc5[nH]3)[C@H]4C)c2=O)cc1NC. The van der Waals surface area contributed by atoms with Crippen molar-refractivity contribution in [3.8, 4) is 17.2 Å². The van der Waals surface area contributed by atoms with Gasteiger partial charge in [0.15, 0.2) is 0 Å². The molecule has 1 amide bonds. The van der Waals surface area contributed by atoms with Crippen molar-refractivity contribution in [1.29, 1.82) is 0 Å². The highest BCUT2D eigenvalue weighted by Crippen LogP contribution is 2.46. The number of fused-ring (bicyclic) bond motifs is 2. The van der Waals surface area contributed by atoms with Gasteiger partial charge in [0.2, 0.25) is 0 Å². The zero-order valence-electron chi connectivity index (χ0n) is 34.6. The maximum absolute atomic E-state index is 15.0. The molecule has 11 nitrogen and oxygen atoms in total. The molecule has 0 saturated carbocycles. The number of H-pyrrole nitrogens is 1. The number of benzene rings is 3. The molecule has 2 aliphatic rings. The Kier molecular flexibility index (Phi) is 10.2. The summed E-state index contributed by atoms with van der Waals surface area (Å²) in [6, 6.07) is 16.9. The molecular formula is C45H53FN7O4P. The van der Waals surface area contributed by atoms with Gasteiger partial charge in [-0.3, -0.25) is 13.9 Å². The summed E-state index contributed by atoms with van der Waals surface area (Å²) in [5.74, 6) is 0.436. The summed E-state index contributed by atoms with van der Waals surface area (Å²) in [7, 11) is -0.817. The van der Waals surface area contributed by atoms with Crippen molar-refractivity contribution in [2.75, 3.05) is 37.8 Å². The van der Waals surface area contributed by atoms with Gasteiger partial charge in [-0.05, 0) is 119 Å². The highest BCUT2D eigenvalue weighted by Gasteiger charge is 2.37. The van der Waals surface area contributed by atoms with E-state index in [1.807, 2.05) is 49.9 Å². The number of imidazole rings is 1. The van der Waals surface area contributed by atoms with Crippen LogP contribution in [0.5, 0.6) is 0 Å². The molecule has 304 valence electrons. The monoisotopic (exact) mass is 805 g/mol. The number of halogens is 1. The van der Waals surface area contributed by atoms with Crippen LogP contribution in [-0.4, -0.2) is 72.8 Å². The van der Waals surface area contributed by atoms with Crippen LogP contribution in [0.1, 0.15) is 97.9 Å². The van der Waals surface area contributed by atoms with Gasteiger partial charge in [-0.25, -0.2) is 13.9 Å². The largest absolute Gasteiger partial charge is 0.387 e. The molecule has 2 N–H and O–H groups in total. The third kappa shape index (κ3) is 6.74. The lowest BCUT2D eigenvalue weighted by atomic mass is 9.83. The number of carbonyl (C=O) groups excluding carboxylic acids is 1. The van der Waals surface area contributed by atoms with Gasteiger partial charge in [0.25, 0.3) is 5.91 Å². The van der Waals surface area contributed by atoms with Crippen LogP contribution in [0.3, 0.4) is 0 Å². The number of hydrogen-bond donors (Lipinski definition) is 2. The van der Waals surface area contributed by atoms with E-state index in [-0.39, 0.29) is 23.0 Å². The number of aryl methyl sites for hydroxylation is 2. The summed E-state index contributed by atoms with van der Waals surface area (Å²) in [5, 5.41) is 10.0. The number of hydrogen-bond acceptors (Lipinski definition) is 6. The summed E-state index contributed by atoms with van der Waals surface area (Å²) < 4.78 is 39.5. The molecular weight excluding hydrogens is 753 g/mol. The predicted octanol–water partition coefficient (Wildman–Crippen LogP) is 8.55. The van der Waals surface area contributed by atoms with Crippen molar-refractivity contribution in [2.45, 2.75) is 85.3 Å². The molecule has 1 fully saturated rings. The summed E-state index contributed by atoms with van der Waals surface area (Å²) in [4.78, 5) is 34.3. The van der Waals surface area contributed by atoms with E-state index in [0.29, 0.717) is 70.9 Å². The van der Waals surface area contributed by atoms with E-state index in [1.54, 1.807) is 59.2 Å². The molecule has 0 bridgehead atoms. The first-order valence-corrected chi connectivity index (χ1v) is 22.4. The minimum Gasteiger partial charge on any atom is -0.387 e. The van der Waals surface area contributed by atoms with Gasteiger partial charge in [-0.2, -0.15) is 5.10 Å². The Labute approximate surface area is 338 Å². The minimum absolute atomic E-state index is 0.142. The predicted molar refractivity (Wildman–Crippen MR) is 229 cm³/mol. The molecule has 2 aliphatic heterocycles. The van der Waals surface area contributed by atoms with Crippen LogP contribution in [0.2, 0.25) is 0 Å². The third-order valence-electron chi connectivity index (χ3n) is 12.4. The number of amides is 1. The first-order valence-electron chi connectivity index (χ1n) is 20.3. The average molecular weight is 806 g/mol. The van der Waals surface area contributed by atoms with Gasteiger partial charge in [-0.15, -0.1) is 0 Å². The van der Waals surface area contributed by atoms with Crippen LogP contribution in [-0.2, 0) is 15.7 Å². The van der Waals surface area contributed by atoms with Crippen molar-refractivity contribution in [3.63, 3.8) is 0 Å². The summed E-state index contributed by atoms with van der Waals surface area (Å²) in [6.45, 7) is 14.7. The van der Waals surface area contributed by atoms with Crippen LogP contribution >= 0.6 is 7.14 Å². The molecule has 58 heavy (non-hydrogen) atoms. The van der Waals surface area contributed by atoms with E-state index in [2.05, 4.69) is 42.3 Å². The fourth-order valence-corrected chi connectivity index (χ4v) is 11.2. The van der Waals surface area contributed by atoms with Gasteiger partial charge in [0.1, 0.15) is 24.5 Å². The Hall–Kier alpha value is -5.19. The van der Waals surface area contributed by atoms with Crippen LogP contribution < -0.4 is 16.3 Å². The molecule has 3 aromatic heterocycles. The highest BCUT2D eigenvalue weighted by molar-refractivity contribution is 7.71. The molecule has 2 atom stereocenters. The van der Waals surface area contributed by atoms with E-state index in [0.717, 1.165) is 46.9 Å². The third-order valence-corrected chi connectivity index (χ3v) is 15.7. The van der Waals surface area contributed by atoms with Crippen LogP contribution in [0, 0.1) is 19.7 Å². The number of carbonyl (C=O) groups is 1. The highest BCUT2D eigenvalue weighted by atomic mass is 31.2. The van der Waals surface area contributed by atoms with Gasteiger partial charge in [0, 0.05) is 78.8 Å². The fraction of sp³-hybridized carbons (Fsp3) is 0.400. The molecule has 1 saturated heterocycles. The number of aromatic amines is 1. The molecule has 13 heteroatoms. The lowest BCUT2D eigenvalue weighted by molar-refractivity contribution is -0.0592. The summed E-state index contributed by atoms with van der Waals surface area (Å²) in [5.41, 5.74) is 6.49. The van der Waals surface area contributed by atoms with Crippen molar-refractivity contribution in [1.82, 2.24) is 28.8 Å². The van der Waals surface area contributed by atoms with Crippen LogP contribution in [0.4, 0.5) is 10.1 Å².